The predicted octanol–water partition coefficient (Wildman–Crippen LogP) is 1.54. The minimum Gasteiger partial charge on any atom is -0.512 e. The molecule has 1 unspecified atom stereocenters. The van der Waals surface area contributed by atoms with E-state index in [-0.39, 0.29) is 24.4 Å². The zero-order valence-electron chi connectivity index (χ0n) is 9.96. The molecule has 6 nitrogen and oxygen atoms in total. The second-order valence-corrected chi connectivity index (χ2v) is 4.74. The Morgan fingerprint density at radius 1 is 1.42 bits per heavy atom. The van der Waals surface area contributed by atoms with Gasteiger partial charge in [0, 0.05) is 18.5 Å². The zero-order chi connectivity index (χ0) is 13.8. The average molecular weight is 283 g/mol. The van der Waals surface area contributed by atoms with Gasteiger partial charge in [-0.3, -0.25) is 9.27 Å². The first-order chi connectivity index (χ1) is 9.06. The molecule has 1 aliphatic heterocycles. The lowest BCUT2D eigenvalue weighted by Crippen LogP contribution is -2.19. The Balaban J connectivity index is 2.19. The maximum absolute atomic E-state index is 11.5. The summed E-state index contributed by atoms with van der Waals surface area (Å²) in [5, 5.41) is 9.69. The number of hydrogen-bond donors (Lipinski definition) is 3. The first-order valence-corrected chi connectivity index (χ1v) is 6.71. The fourth-order valence-electron chi connectivity index (χ4n) is 1.82. The van der Waals surface area contributed by atoms with Crippen molar-refractivity contribution >= 4 is 22.9 Å². The van der Waals surface area contributed by atoms with Gasteiger partial charge in [-0.05, 0) is 17.7 Å². The number of aliphatic hydroxyl groups is 1. The van der Waals surface area contributed by atoms with Gasteiger partial charge < -0.3 is 9.84 Å². The van der Waals surface area contributed by atoms with Crippen molar-refractivity contribution in [3.63, 3.8) is 0 Å². The van der Waals surface area contributed by atoms with Crippen molar-refractivity contribution in [2.45, 2.75) is 12.8 Å². The summed E-state index contributed by atoms with van der Waals surface area (Å²) in [5.74, 6) is -0.479. The third-order valence-electron chi connectivity index (χ3n) is 2.68. The van der Waals surface area contributed by atoms with Crippen LogP contribution in [0.25, 0.3) is 0 Å². The summed E-state index contributed by atoms with van der Waals surface area (Å²) in [6.07, 6.45) is 0.540. The molecular formula is C12H13NO5S. The van der Waals surface area contributed by atoms with Crippen LogP contribution in [-0.4, -0.2) is 26.4 Å². The summed E-state index contributed by atoms with van der Waals surface area (Å²) in [6, 6.07) is 6.71. The number of ether oxygens (including phenoxy) is 1. The van der Waals surface area contributed by atoms with Crippen LogP contribution in [0.4, 0.5) is 5.69 Å². The molecule has 0 saturated heterocycles. The minimum absolute atomic E-state index is 0.0420. The number of benzene rings is 1. The number of hydrogen-bond acceptors (Lipinski definition) is 4. The normalized spacial score (nSPS) is 17.0. The lowest BCUT2D eigenvalue weighted by molar-refractivity contribution is -0.140. The van der Waals surface area contributed by atoms with Crippen molar-refractivity contribution in [3.05, 3.63) is 41.2 Å². The number of rotatable bonds is 4. The molecule has 1 atom stereocenters. The summed E-state index contributed by atoms with van der Waals surface area (Å²) in [4.78, 5) is 11.5. The van der Waals surface area contributed by atoms with Crippen LogP contribution >= 0.6 is 0 Å². The molecule has 3 N–H and O–H groups in total. The van der Waals surface area contributed by atoms with Crippen molar-refractivity contribution in [1.82, 2.24) is 0 Å². The van der Waals surface area contributed by atoms with Gasteiger partial charge in [-0.1, -0.05) is 12.1 Å². The highest BCUT2D eigenvalue weighted by Gasteiger charge is 2.21. The maximum atomic E-state index is 11.5. The number of carbonyl (C=O) groups excluding carboxylic acids is 1. The van der Waals surface area contributed by atoms with Crippen LogP contribution in [0.3, 0.4) is 0 Å². The Labute approximate surface area is 112 Å². The van der Waals surface area contributed by atoms with Crippen LogP contribution in [-0.2, 0) is 27.2 Å². The molecule has 1 heterocycles. The molecule has 0 fully saturated rings. The summed E-state index contributed by atoms with van der Waals surface area (Å²) in [7, 11) is 0. The van der Waals surface area contributed by atoms with E-state index in [0.717, 1.165) is 5.56 Å². The molecule has 2 rings (SSSR count). The summed E-state index contributed by atoms with van der Waals surface area (Å²) >= 11 is -2.15. The van der Waals surface area contributed by atoms with E-state index in [9.17, 15) is 14.1 Å². The Morgan fingerprint density at radius 3 is 2.89 bits per heavy atom. The molecule has 1 aromatic carbocycles. The topological polar surface area (TPSA) is 95.9 Å². The largest absolute Gasteiger partial charge is 0.512 e. The first-order valence-electron chi connectivity index (χ1n) is 5.61. The molecule has 1 aliphatic rings. The highest BCUT2D eigenvalue weighted by Crippen LogP contribution is 2.21. The Hall–Kier alpha value is -1.86. The predicted molar refractivity (Wildman–Crippen MR) is 69.8 cm³/mol. The summed E-state index contributed by atoms with van der Waals surface area (Å²) in [6.45, 7) is 0.194. The van der Waals surface area contributed by atoms with E-state index in [1.165, 1.54) is 0 Å². The van der Waals surface area contributed by atoms with Gasteiger partial charge in [-0.25, -0.2) is 9.00 Å². The number of aliphatic hydroxyl groups excluding tert-OH is 1. The van der Waals surface area contributed by atoms with E-state index in [2.05, 4.69) is 4.72 Å². The fourth-order valence-corrected chi connectivity index (χ4v) is 2.15. The standard InChI is InChI=1S/C12H13NO5S/c14-11-4-5-18-12(15)10(11)7-8-2-1-3-9(6-8)13-19(16)17/h1-3,6,13-14H,4-5,7H2,(H,16,17). The maximum Gasteiger partial charge on any atom is 0.337 e. The van der Waals surface area contributed by atoms with E-state index in [0.29, 0.717) is 12.1 Å². The van der Waals surface area contributed by atoms with Gasteiger partial charge in [0.2, 0.25) is 0 Å². The molecule has 0 radical (unpaired) electrons. The molecule has 0 aromatic heterocycles. The quantitative estimate of drug-likeness (QED) is 0.575. The van der Waals surface area contributed by atoms with Gasteiger partial charge in [0.15, 0.2) is 0 Å². The van der Waals surface area contributed by atoms with Crippen LogP contribution in [0.5, 0.6) is 0 Å². The SMILES string of the molecule is O=C1OCCC(O)=C1Cc1cccc(NS(=O)O)c1. The fraction of sp³-hybridized carbons (Fsp3) is 0.250. The van der Waals surface area contributed by atoms with Crippen molar-refractivity contribution in [1.29, 1.82) is 0 Å². The van der Waals surface area contributed by atoms with E-state index < -0.39 is 17.2 Å². The van der Waals surface area contributed by atoms with Gasteiger partial charge in [0.1, 0.15) is 5.76 Å². The number of cyclic esters (lactones) is 1. The van der Waals surface area contributed by atoms with Crippen LogP contribution in [0, 0.1) is 0 Å². The molecule has 7 heteroatoms. The van der Waals surface area contributed by atoms with Gasteiger partial charge in [-0.15, -0.1) is 0 Å². The molecule has 0 aliphatic carbocycles. The Bertz CT molecular complexity index is 555. The van der Waals surface area contributed by atoms with Crippen molar-refractivity contribution in [2.75, 3.05) is 11.3 Å². The van der Waals surface area contributed by atoms with Crippen molar-refractivity contribution in [2.24, 2.45) is 0 Å². The minimum atomic E-state index is -2.15. The number of carbonyl (C=O) groups is 1. The second kappa shape index (κ2) is 5.85. The van der Waals surface area contributed by atoms with Crippen molar-refractivity contribution < 1.29 is 23.4 Å². The highest BCUT2D eigenvalue weighted by atomic mass is 32.2. The van der Waals surface area contributed by atoms with Crippen molar-refractivity contribution in [3.8, 4) is 0 Å². The lowest BCUT2D eigenvalue weighted by Gasteiger charge is -2.16. The number of nitrogens with one attached hydrogen (secondary N) is 1. The Morgan fingerprint density at radius 2 is 2.21 bits per heavy atom. The molecule has 0 bridgehead atoms. The second-order valence-electron chi connectivity index (χ2n) is 4.04. The van der Waals surface area contributed by atoms with Crippen LogP contribution in [0.1, 0.15) is 12.0 Å². The summed E-state index contributed by atoms with van der Waals surface area (Å²) < 4.78 is 26.6. The van der Waals surface area contributed by atoms with Crippen LogP contribution in [0.2, 0.25) is 0 Å². The Kier molecular flexibility index (Phi) is 4.18. The van der Waals surface area contributed by atoms with Crippen LogP contribution < -0.4 is 4.72 Å². The zero-order valence-corrected chi connectivity index (χ0v) is 10.8. The van der Waals surface area contributed by atoms with Gasteiger partial charge in [-0.2, -0.15) is 0 Å². The van der Waals surface area contributed by atoms with Gasteiger partial charge >= 0.3 is 5.97 Å². The van der Waals surface area contributed by atoms with E-state index in [4.69, 9.17) is 9.29 Å². The molecule has 0 amide bonds. The highest BCUT2D eigenvalue weighted by molar-refractivity contribution is 7.80. The first kappa shape index (κ1) is 13.6. The lowest BCUT2D eigenvalue weighted by atomic mass is 10.0. The molecule has 0 saturated carbocycles. The smallest absolute Gasteiger partial charge is 0.337 e. The van der Waals surface area contributed by atoms with Gasteiger partial charge in [0.05, 0.1) is 12.2 Å². The molecule has 0 spiro atoms. The molecular weight excluding hydrogens is 270 g/mol. The molecule has 1 aromatic rings. The van der Waals surface area contributed by atoms with E-state index in [1.54, 1.807) is 24.3 Å². The third kappa shape index (κ3) is 3.55. The monoisotopic (exact) mass is 283 g/mol. The summed E-state index contributed by atoms with van der Waals surface area (Å²) in [5.41, 5.74) is 1.42. The number of esters is 1. The molecule has 19 heavy (non-hydrogen) atoms. The average Bonchev–Trinajstić information content (AvgIpc) is 2.34. The van der Waals surface area contributed by atoms with E-state index in [1.807, 2.05) is 0 Å². The van der Waals surface area contributed by atoms with E-state index >= 15 is 0 Å². The number of anilines is 1. The van der Waals surface area contributed by atoms with Gasteiger partial charge in [0.25, 0.3) is 11.3 Å². The molecule has 102 valence electrons. The van der Waals surface area contributed by atoms with Crippen LogP contribution in [0.15, 0.2) is 35.6 Å². The third-order valence-corrected chi connectivity index (χ3v) is 3.09.